The van der Waals surface area contributed by atoms with Crippen molar-refractivity contribution >= 4 is 29.5 Å². The van der Waals surface area contributed by atoms with Gasteiger partial charge >= 0.3 is 0 Å². The first-order chi connectivity index (χ1) is 14.6. The number of aromatic nitrogens is 2. The molecule has 0 bridgehead atoms. The van der Waals surface area contributed by atoms with Gasteiger partial charge in [-0.15, -0.1) is 0 Å². The molecule has 0 atom stereocenters. The van der Waals surface area contributed by atoms with Gasteiger partial charge in [0.15, 0.2) is 12.0 Å². The highest BCUT2D eigenvalue weighted by Crippen LogP contribution is 2.29. The molecule has 1 radical (unpaired) electrons. The summed E-state index contributed by atoms with van der Waals surface area (Å²) in [6.45, 7) is 2.64. The van der Waals surface area contributed by atoms with Gasteiger partial charge in [-0.3, -0.25) is 19.5 Å². The lowest BCUT2D eigenvalue weighted by molar-refractivity contribution is -0.120. The Kier molecular flexibility index (Phi) is 5.06. The van der Waals surface area contributed by atoms with E-state index in [9.17, 15) is 4.79 Å². The molecule has 30 heavy (non-hydrogen) atoms. The summed E-state index contributed by atoms with van der Waals surface area (Å²) in [5, 5.41) is 13.6. The first kappa shape index (κ1) is 19.0. The van der Waals surface area contributed by atoms with Gasteiger partial charge in [0, 0.05) is 22.7 Å². The van der Waals surface area contributed by atoms with Crippen molar-refractivity contribution in [2.75, 3.05) is 11.9 Å². The molecule has 3 aliphatic rings. The van der Waals surface area contributed by atoms with Gasteiger partial charge in [0.25, 0.3) is 11.7 Å². The SMILES string of the molecule is Cc1cc(NC2=CN(Sc3cccc(CC(=O)NC4CC4)c3)CC3=NC=C[N+]23)n[nH]1. The van der Waals surface area contributed by atoms with Crippen molar-refractivity contribution in [2.24, 2.45) is 4.99 Å². The topological polar surface area (TPSA) is 91.3 Å². The van der Waals surface area contributed by atoms with Gasteiger partial charge in [-0.05, 0) is 54.3 Å². The third kappa shape index (κ3) is 4.42. The Morgan fingerprint density at radius 2 is 2.27 bits per heavy atom. The van der Waals surface area contributed by atoms with Crippen molar-refractivity contribution in [3.63, 3.8) is 0 Å². The summed E-state index contributed by atoms with van der Waals surface area (Å²) in [6.07, 6.45) is 8.41. The minimum atomic E-state index is 0.0975. The number of carbonyl (C=O) groups is 1. The third-order valence-corrected chi connectivity index (χ3v) is 5.86. The number of fused-ring (bicyclic) bond motifs is 1. The zero-order valence-corrected chi connectivity index (χ0v) is 17.4. The number of aromatic amines is 1. The minimum Gasteiger partial charge on any atom is -0.353 e. The van der Waals surface area contributed by atoms with Crippen LogP contribution >= 0.6 is 11.9 Å². The molecule has 1 saturated carbocycles. The maximum Gasteiger partial charge on any atom is 0.285 e. The molecule has 0 spiro atoms. The minimum absolute atomic E-state index is 0.0975. The Hall–Kier alpha value is -3.04. The first-order valence-electron chi connectivity index (χ1n) is 9.99. The zero-order valence-electron chi connectivity index (χ0n) is 16.6. The summed E-state index contributed by atoms with van der Waals surface area (Å²) in [6, 6.07) is 10.5. The van der Waals surface area contributed by atoms with E-state index in [4.69, 9.17) is 0 Å². The van der Waals surface area contributed by atoms with E-state index in [1.165, 1.54) is 0 Å². The van der Waals surface area contributed by atoms with Crippen LogP contribution in [-0.4, -0.2) is 38.8 Å². The molecule has 1 aromatic carbocycles. The van der Waals surface area contributed by atoms with E-state index < -0.39 is 0 Å². The van der Waals surface area contributed by atoms with Crippen molar-refractivity contribution < 1.29 is 4.79 Å². The standard InChI is InChI=1S/C21H23N7OS/c1-14-9-18(26-25-14)24-20-13-27(12-19-22-7-8-28(19)20)30-17-4-2-3-15(10-17)11-21(29)23-16-5-6-16/h2-4,7-10,13,16H,5-6,11-12H2,1H3,(H,23,29)(H2,24,25,26)/q+1. The number of nitrogens with zero attached hydrogens (tertiary/aromatic N) is 4. The van der Waals surface area contributed by atoms with Crippen LogP contribution in [0.25, 0.3) is 0 Å². The fourth-order valence-corrected chi connectivity index (χ4v) is 4.30. The Morgan fingerprint density at radius 3 is 3.07 bits per heavy atom. The van der Waals surface area contributed by atoms with Gasteiger partial charge in [0.1, 0.15) is 6.54 Å². The van der Waals surface area contributed by atoms with Crippen molar-refractivity contribution in [3.05, 3.63) is 66.0 Å². The summed E-state index contributed by atoms with van der Waals surface area (Å²) in [4.78, 5) is 19.7. The molecule has 1 aromatic heterocycles. The highest BCUT2D eigenvalue weighted by molar-refractivity contribution is 7.97. The van der Waals surface area contributed by atoms with E-state index >= 15 is 0 Å². The lowest BCUT2D eigenvalue weighted by atomic mass is 10.1. The molecule has 3 N–H and O–H groups in total. The molecule has 1 fully saturated rings. The monoisotopic (exact) mass is 421 g/mol. The molecule has 0 unspecified atom stereocenters. The van der Waals surface area contributed by atoms with Crippen molar-refractivity contribution in [1.29, 1.82) is 0 Å². The highest BCUT2D eigenvalue weighted by Gasteiger charge is 2.37. The van der Waals surface area contributed by atoms with Gasteiger partial charge < -0.3 is 5.32 Å². The Balaban J connectivity index is 1.30. The molecule has 9 heteroatoms. The summed E-state index contributed by atoms with van der Waals surface area (Å²) in [5.74, 6) is 2.68. The number of hydrogen-bond acceptors (Lipinski definition) is 7. The first-order valence-corrected chi connectivity index (χ1v) is 10.8. The van der Waals surface area contributed by atoms with E-state index in [1.807, 2.05) is 36.2 Å². The number of H-pyrrole nitrogens is 1. The Bertz CT molecular complexity index is 1050. The predicted octanol–water partition coefficient (Wildman–Crippen LogP) is 2.80. The number of amides is 1. The van der Waals surface area contributed by atoms with Crippen LogP contribution in [0.4, 0.5) is 5.82 Å². The molecule has 0 saturated heterocycles. The number of benzene rings is 1. The normalized spacial score (nSPS) is 18.1. The van der Waals surface area contributed by atoms with Crippen LogP contribution < -0.4 is 15.5 Å². The number of nitrogens with one attached hydrogen (secondary N) is 3. The van der Waals surface area contributed by atoms with Crippen LogP contribution in [0.2, 0.25) is 0 Å². The van der Waals surface area contributed by atoms with Gasteiger partial charge in [-0.1, -0.05) is 12.1 Å². The molecule has 5 rings (SSSR count). The van der Waals surface area contributed by atoms with E-state index in [1.54, 1.807) is 18.1 Å². The molecule has 2 aromatic rings. The molecule has 1 aliphatic carbocycles. The average Bonchev–Trinajstić information content (AvgIpc) is 3.21. The lowest BCUT2D eigenvalue weighted by Gasteiger charge is -2.24. The van der Waals surface area contributed by atoms with E-state index in [-0.39, 0.29) is 5.91 Å². The predicted molar refractivity (Wildman–Crippen MR) is 118 cm³/mol. The van der Waals surface area contributed by atoms with Crippen LogP contribution in [0.15, 0.2) is 64.6 Å². The van der Waals surface area contributed by atoms with Crippen LogP contribution in [0.5, 0.6) is 0 Å². The molecule has 2 aliphatic heterocycles. The number of rotatable bonds is 7. The second-order valence-corrected chi connectivity index (χ2v) is 8.74. The number of carbonyl (C=O) groups excluding carboxylic acids is 1. The average molecular weight is 422 g/mol. The smallest absolute Gasteiger partial charge is 0.285 e. The van der Waals surface area contributed by atoms with Gasteiger partial charge in [-0.25, -0.2) is 0 Å². The maximum absolute atomic E-state index is 12.1. The number of anilines is 1. The number of hydrogen-bond donors (Lipinski definition) is 3. The van der Waals surface area contributed by atoms with Gasteiger partial charge in [0.2, 0.25) is 5.91 Å². The van der Waals surface area contributed by atoms with Gasteiger partial charge in [-0.2, -0.15) is 10.1 Å². The van der Waals surface area contributed by atoms with Crippen LogP contribution in [0, 0.1) is 6.92 Å². The number of aliphatic imine (C=N–C) groups is 1. The molecule has 153 valence electrons. The zero-order chi connectivity index (χ0) is 20.5. The summed E-state index contributed by atoms with van der Waals surface area (Å²) in [5.41, 5.74) is 2.01. The number of aryl methyl sites for hydroxylation is 1. The van der Waals surface area contributed by atoms with Gasteiger partial charge in [0.05, 0.1) is 18.8 Å². The Labute approximate surface area is 179 Å². The van der Waals surface area contributed by atoms with Crippen LogP contribution in [0.1, 0.15) is 24.1 Å². The second-order valence-electron chi connectivity index (χ2n) is 7.62. The fraction of sp³-hybridized carbons (Fsp3) is 0.286. The molecular formula is C21H23N7OS+. The van der Waals surface area contributed by atoms with Crippen molar-refractivity contribution in [3.8, 4) is 0 Å². The Morgan fingerprint density at radius 1 is 1.37 bits per heavy atom. The van der Waals surface area contributed by atoms with E-state index in [0.717, 1.165) is 46.5 Å². The van der Waals surface area contributed by atoms with Crippen molar-refractivity contribution in [2.45, 2.75) is 37.1 Å². The van der Waals surface area contributed by atoms with Crippen LogP contribution in [0.3, 0.4) is 0 Å². The van der Waals surface area contributed by atoms with E-state index in [2.05, 4.69) is 48.5 Å². The van der Waals surface area contributed by atoms with Crippen LogP contribution in [-0.2, 0) is 11.2 Å². The summed E-state index contributed by atoms with van der Waals surface area (Å²) in [7, 11) is 0. The quantitative estimate of drug-likeness (QED) is 0.472. The lowest BCUT2D eigenvalue weighted by Crippen LogP contribution is -2.42. The highest BCUT2D eigenvalue weighted by atomic mass is 32.2. The molecule has 1 amide bonds. The van der Waals surface area contributed by atoms with E-state index in [0.29, 0.717) is 19.0 Å². The largest absolute Gasteiger partial charge is 0.353 e. The summed E-state index contributed by atoms with van der Waals surface area (Å²) < 4.78 is 2.13. The molecule has 8 nitrogen and oxygen atoms in total. The second kappa shape index (κ2) is 8.00. The molecule has 3 heterocycles. The maximum atomic E-state index is 12.1. The third-order valence-electron chi connectivity index (χ3n) is 4.93. The molecular weight excluding hydrogens is 398 g/mol. The number of amidine groups is 1. The summed E-state index contributed by atoms with van der Waals surface area (Å²) >= 11 is 1.62. The van der Waals surface area contributed by atoms with Crippen molar-refractivity contribution in [1.82, 2.24) is 24.7 Å². The fourth-order valence-electron chi connectivity index (χ4n) is 3.36.